The van der Waals surface area contributed by atoms with E-state index in [0.717, 1.165) is 6.42 Å². The van der Waals surface area contributed by atoms with E-state index < -0.39 is 36.2 Å². The Kier molecular flexibility index (Phi) is 6.22. The molecule has 0 amide bonds. The number of benzene rings is 1. The molecule has 0 heterocycles. The molecule has 0 aliphatic heterocycles. The molecule has 1 atom stereocenters. The zero-order valence-corrected chi connectivity index (χ0v) is 13.5. The predicted molar refractivity (Wildman–Crippen MR) is 78.9 cm³/mol. The summed E-state index contributed by atoms with van der Waals surface area (Å²) in [7, 11) is 0. The highest BCUT2D eigenvalue weighted by Crippen LogP contribution is 2.27. The van der Waals surface area contributed by atoms with E-state index in [4.69, 9.17) is 9.84 Å². The van der Waals surface area contributed by atoms with E-state index in [1.807, 2.05) is 20.8 Å². The quantitative estimate of drug-likeness (QED) is 0.761. The number of carbonyl (C=O) groups excluding carboxylic acids is 1. The molecule has 1 rings (SSSR count). The van der Waals surface area contributed by atoms with Crippen LogP contribution in [-0.4, -0.2) is 35.4 Å². The Hall–Kier alpha value is -2.25. The third-order valence-corrected chi connectivity index (χ3v) is 3.41. The summed E-state index contributed by atoms with van der Waals surface area (Å²) in [6.07, 6.45) is -4.24. The lowest BCUT2D eigenvalue weighted by Crippen LogP contribution is -2.35. The van der Waals surface area contributed by atoms with E-state index in [1.165, 1.54) is 24.3 Å². The van der Waals surface area contributed by atoms with E-state index in [-0.39, 0.29) is 5.56 Å². The van der Waals surface area contributed by atoms with Gasteiger partial charge in [0.2, 0.25) is 0 Å². The number of ether oxygens (including phenoxy) is 2. The number of carboxylic acids is 1. The standard InChI is InChI=1S/C16H19F3O5/c1-4-15(2,3)24-11-7-5-10(6-8-11)14(22)23-9-12(13(20)21)16(17,18)19/h5-8,12H,4,9H2,1-3H3,(H,20,21). The molecule has 0 saturated carbocycles. The normalized spacial score (nSPS) is 13.2. The minimum Gasteiger partial charge on any atom is -0.488 e. The van der Waals surface area contributed by atoms with Crippen molar-refractivity contribution >= 4 is 11.9 Å². The Morgan fingerprint density at radius 3 is 2.12 bits per heavy atom. The van der Waals surface area contributed by atoms with Crippen molar-refractivity contribution in [2.75, 3.05) is 6.61 Å². The number of rotatable bonds is 7. The van der Waals surface area contributed by atoms with Crippen LogP contribution < -0.4 is 4.74 Å². The first kappa shape index (κ1) is 19.8. The summed E-state index contributed by atoms with van der Waals surface area (Å²) in [4.78, 5) is 22.3. The van der Waals surface area contributed by atoms with Crippen molar-refractivity contribution in [2.24, 2.45) is 5.92 Å². The predicted octanol–water partition coefficient (Wildman–Crippen LogP) is 3.67. The van der Waals surface area contributed by atoms with Crippen molar-refractivity contribution in [2.45, 2.75) is 39.0 Å². The van der Waals surface area contributed by atoms with Gasteiger partial charge in [-0.3, -0.25) is 4.79 Å². The highest BCUT2D eigenvalue weighted by molar-refractivity contribution is 5.89. The molecule has 24 heavy (non-hydrogen) atoms. The van der Waals surface area contributed by atoms with Crippen LogP contribution in [0.25, 0.3) is 0 Å². The number of halogens is 3. The van der Waals surface area contributed by atoms with Gasteiger partial charge in [0.15, 0.2) is 5.92 Å². The van der Waals surface area contributed by atoms with E-state index in [1.54, 1.807) is 0 Å². The van der Waals surface area contributed by atoms with Gasteiger partial charge >= 0.3 is 18.1 Å². The number of hydrogen-bond acceptors (Lipinski definition) is 4. The van der Waals surface area contributed by atoms with Crippen LogP contribution in [0.3, 0.4) is 0 Å². The molecule has 0 saturated heterocycles. The lowest BCUT2D eigenvalue weighted by Gasteiger charge is -2.24. The first-order valence-electron chi connectivity index (χ1n) is 7.22. The summed E-state index contributed by atoms with van der Waals surface area (Å²) in [5, 5.41) is 8.53. The molecule has 0 fully saturated rings. The Balaban J connectivity index is 2.70. The first-order chi connectivity index (χ1) is 11.0. The summed E-state index contributed by atoms with van der Waals surface area (Å²) in [6, 6.07) is 5.67. The summed E-state index contributed by atoms with van der Waals surface area (Å²) in [5.74, 6) is -5.39. The molecular weight excluding hydrogens is 329 g/mol. The Labute approximate surface area is 137 Å². The molecule has 0 aromatic heterocycles. The fourth-order valence-corrected chi connectivity index (χ4v) is 1.60. The molecule has 0 radical (unpaired) electrons. The van der Waals surface area contributed by atoms with E-state index in [2.05, 4.69) is 4.74 Å². The Bertz CT molecular complexity index is 578. The summed E-state index contributed by atoms with van der Waals surface area (Å²) >= 11 is 0. The van der Waals surface area contributed by atoms with Gasteiger partial charge in [0.1, 0.15) is 18.0 Å². The average molecular weight is 348 g/mol. The molecular formula is C16H19F3O5. The zero-order chi connectivity index (χ0) is 18.5. The molecule has 1 unspecified atom stereocenters. The van der Waals surface area contributed by atoms with Gasteiger partial charge in [-0.2, -0.15) is 13.2 Å². The highest BCUT2D eigenvalue weighted by atomic mass is 19.4. The summed E-state index contributed by atoms with van der Waals surface area (Å²) in [5.41, 5.74) is -0.397. The van der Waals surface area contributed by atoms with Crippen molar-refractivity contribution in [3.63, 3.8) is 0 Å². The van der Waals surface area contributed by atoms with Crippen molar-refractivity contribution < 1.29 is 37.3 Å². The van der Waals surface area contributed by atoms with Crippen LogP contribution in [0.15, 0.2) is 24.3 Å². The van der Waals surface area contributed by atoms with Gasteiger partial charge in [-0.15, -0.1) is 0 Å². The molecule has 1 aromatic carbocycles. The highest BCUT2D eigenvalue weighted by Gasteiger charge is 2.46. The lowest BCUT2D eigenvalue weighted by molar-refractivity contribution is -0.199. The van der Waals surface area contributed by atoms with Crippen LogP contribution in [0.2, 0.25) is 0 Å². The second-order valence-electron chi connectivity index (χ2n) is 5.77. The van der Waals surface area contributed by atoms with E-state index in [0.29, 0.717) is 5.75 Å². The number of alkyl halides is 3. The second kappa shape index (κ2) is 7.55. The molecule has 1 aromatic rings. The summed E-state index contributed by atoms with van der Waals surface area (Å²) in [6.45, 7) is 4.45. The lowest BCUT2D eigenvalue weighted by atomic mass is 10.1. The average Bonchev–Trinajstić information content (AvgIpc) is 2.45. The third-order valence-electron chi connectivity index (χ3n) is 3.41. The van der Waals surface area contributed by atoms with Crippen LogP contribution >= 0.6 is 0 Å². The molecule has 0 aliphatic carbocycles. The number of hydrogen-bond donors (Lipinski definition) is 1. The molecule has 134 valence electrons. The monoisotopic (exact) mass is 348 g/mol. The fraction of sp³-hybridized carbons (Fsp3) is 0.500. The van der Waals surface area contributed by atoms with Gasteiger partial charge in [-0.05, 0) is 44.5 Å². The number of aliphatic carboxylic acids is 1. The number of carbonyl (C=O) groups is 2. The van der Waals surface area contributed by atoms with Gasteiger partial charge in [0.25, 0.3) is 0 Å². The van der Waals surface area contributed by atoms with Crippen LogP contribution in [0.5, 0.6) is 5.75 Å². The van der Waals surface area contributed by atoms with Crippen LogP contribution in [0.4, 0.5) is 13.2 Å². The molecule has 0 aliphatic rings. The molecule has 0 spiro atoms. The molecule has 0 bridgehead atoms. The van der Waals surface area contributed by atoms with Gasteiger partial charge in [0, 0.05) is 0 Å². The van der Waals surface area contributed by atoms with Crippen LogP contribution in [-0.2, 0) is 9.53 Å². The number of carboxylic acid groups (broad SMARTS) is 1. The fourth-order valence-electron chi connectivity index (χ4n) is 1.60. The van der Waals surface area contributed by atoms with Gasteiger partial charge in [0.05, 0.1) is 5.56 Å². The third kappa shape index (κ3) is 5.75. The van der Waals surface area contributed by atoms with Gasteiger partial charge in [-0.25, -0.2) is 4.79 Å². The van der Waals surface area contributed by atoms with Crippen molar-refractivity contribution in [1.82, 2.24) is 0 Å². The minimum atomic E-state index is -4.99. The Morgan fingerprint density at radius 2 is 1.71 bits per heavy atom. The molecule has 1 N–H and O–H groups in total. The first-order valence-corrected chi connectivity index (χ1v) is 7.22. The molecule has 8 heteroatoms. The van der Waals surface area contributed by atoms with Crippen molar-refractivity contribution in [1.29, 1.82) is 0 Å². The maximum Gasteiger partial charge on any atom is 0.405 e. The van der Waals surface area contributed by atoms with Crippen molar-refractivity contribution in [3.8, 4) is 5.75 Å². The van der Waals surface area contributed by atoms with E-state index >= 15 is 0 Å². The minimum absolute atomic E-state index is 0.00275. The summed E-state index contributed by atoms with van der Waals surface area (Å²) < 4.78 is 47.6. The van der Waals surface area contributed by atoms with Crippen LogP contribution in [0, 0.1) is 5.92 Å². The van der Waals surface area contributed by atoms with Gasteiger partial charge in [-0.1, -0.05) is 6.92 Å². The number of esters is 1. The van der Waals surface area contributed by atoms with Crippen molar-refractivity contribution in [3.05, 3.63) is 29.8 Å². The van der Waals surface area contributed by atoms with Crippen LogP contribution in [0.1, 0.15) is 37.6 Å². The maximum atomic E-state index is 12.5. The topological polar surface area (TPSA) is 72.8 Å². The van der Waals surface area contributed by atoms with E-state index in [9.17, 15) is 22.8 Å². The largest absolute Gasteiger partial charge is 0.488 e. The Morgan fingerprint density at radius 1 is 1.17 bits per heavy atom. The second-order valence-corrected chi connectivity index (χ2v) is 5.77. The SMILES string of the molecule is CCC(C)(C)Oc1ccc(C(=O)OCC(C(=O)O)C(F)(F)F)cc1. The van der Waals surface area contributed by atoms with Gasteiger partial charge < -0.3 is 14.6 Å². The zero-order valence-electron chi connectivity index (χ0n) is 13.5. The smallest absolute Gasteiger partial charge is 0.405 e. The maximum absolute atomic E-state index is 12.5. The molecule has 5 nitrogen and oxygen atoms in total.